The Morgan fingerprint density at radius 2 is 2.05 bits per heavy atom. The Morgan fingerprint density at radius 3 is 2.74 bits per heavy atom. The third-order valence-electron chi connectivity index (χ3n) is 3.92. The first-order valence-electron chi connectivity index (χ1n) is 7.31. The van der Waals surface area contributed by atoms with Gasteiger partial charge >= 0.3 is 0 Å². The van der Waals surface area contributed by atoms with Gasteiger partial charge in [0.2, 0.25) is 11.8 Å². The Hall–Kier alpha value is -1.32. The summed E-state index contributed by atoms with van der Waals surface area (Å²) in [5.74, 6) is 2.92. The number of hydrogen-bond donors (Lipinski definition) is 1. The van der Waals surface area contributed by atoms with Gasteiger partial charge in [0.15, 0.2) is 0 Å². The second-order valence-corrected chi connectivity index (χ2v) is 5.99. The van der Waals surface area contributed by atoms with Crippen LogP contribution >= 0.6 is 0 Å². The summed E-state index contributed by atoms with van der Waals surface area (Å²) in [7, 11) is 0. The zero-order valence-corrected chi connectivity index (χ0v) is 12.4. The third-order valence-corrected chi connectivity index (χ3v) is 3.92. The normalized spacial score (nSPS) is 27.3. The second kappa shape index (κ2) is 6.22. The fourth-order valence-electron chi connectivity index (χ4n) is 2.58. The monoisotopic (exact) mass is 263 g/mol. The van der Waals surface area contributed by atoms with Crippen LogP contribution in [-0.4, -0.2) is 22.1 Å². The van der Waals surface area contributed by atoms with E-state index in [0.29, 0.717) is 17.9 Å². The van der Waals surface area contributed by atoms with Crippen molar-refractivity contribution in [3.63, 3.8) is 0 Å². The Bertz CT molecular complexity index is 408. The fourth-order valence-corrected chi connectivity index (χ4v) is 2.58. The molecular weight excluding hydrogens is 238 g/mol. The average Bonchev–Trinajstić information content (AvgIpc) is 2.33. The lowest BCUT2D eigenvalue weighted by Gasteiger charge is -2.32. The van der Waals surface area contributed by atoms with Crippen LogP contribution in [0.1, 0.15) is 47.0 Å². The van der Waals surface area contributed by atoms with E-state index in [0.717, 1.165) is 11.8 Å². The highest BCUT2D eigenvalue weighted by molar-refractivity contribution is 5.29. The van der Waals surface area contributed by atoms with Gasteiger partial charge in [-0.1, -0.05) is 13.8 Å². The molecule has 0 aromatic carbocycles. The topological polar surface area (TPSA) is 47.0 Å². The lowest BCUT2D eigenvalue weighted by atomic mass is 9.79. The standard InChI is InChI=1S/C15H25N3O/c1-10(2)19-14-7-8-16-15(18-14)17-13-6-5-11(3)12(4)9-13/h7-8,10-13H,5-6,9H2,1-4H3,(H,16,17,18). The Balaban J connectivity index is 1.95. The van der Waals surface area contributed by atoms with Crippen LogP contribution in [0, 0.1) is 11.8 Å². The summed E-state index contributed by atoms with van der Waals surface area (Å²) in [6, 6.07) is 2.29. The number of nitrogens with zero attached hydrogens (tertiary/aromatic N) is 2. The molecule has 4 nitrogen and oxygen atoms in total. The molecule has 0 amide bonds. The average molecular weight is 263 g/mol. The highest BCUT2D eigenvalue weighted by atomic mass is 16.5. The van der Waals surface area contributed by atoms with Crippen LogP contribution in [0.25, 0.3) is 0 Å². The molecule has 1 aromatic rings. The van der Waals surface area contributed by atoms with Gasteiger partial charge in [-0.15, -0.1) is 0 Å². The zero-order valence-electron chi connectivity index (χ0n) is 12.4. The first kappa shape index (κ1) is 14.1. The molecule has 0 bridgehead atoms. The molecule has 1 aliphatic rings. The molecule has 1 aromatic heterocycles. The lowest BCUT2D eigenvalue weighted by molar-refractivity contribution is 0.232. The first-order chi connectivity index (χ1) is 9.04. The maximum atomic E-state index is 5.59. The van der Waals surface area contributed by atoms with Crippen molar-refractivity contribution in [3.8, 4) is 5.88 Å². The van der Waals surface area contributed by atoms with Gasteiger partial charge in [0.1, 0.15) is 0 Å². The minimum absolute atomic E-state index is 0.137. The Kier molecular flexibility index (Phi) is 4.61. The number of nitrogens with one attached hydrogen (secondary N) is 1. The summed E-state index contributed by atoms with van der Waals surface area (Å²) in [6.07, 6.45) is 5.56. The predicted molar refractivity (Wildman–Crippen MR) is 77.4 cm³/mol. The largest absolute Gasteiger partial charge is 0.475 e. The predicted octanol–water partition coefficient (Wildman–Crippen LogP) is 3.50. The highest BCUT2D eigenvalue weighted by Crippen LogP contribution is 2.30. The molecule has 3 unspecified atom stereocenters. The van der Waals surface area contributed by atoms with Gasteiger partial charge in [-0.3, -0.25) is 0 Å². The van der Waals surface area contributed by atoms with E-state index in [1.165, 1.54) is 19.3 Å². The minimum atomic E-state index is 0.137. The number of anilines is 1. The van der Waals surface area contributed by atoms with Gasteiger partial charge < -0.3 is 10.1 Å². The molecule has 0 aliphatic heterocycles. The molecule has 1 saturated carbocycles. The number of hydrogen-bond acceptors (Lipinski definition) is 4. The maximum absolute atomic E-state index is 5.59. The summed E-state index contributed by atoms with van der Waals surface area (Å²) >= 11 is 0. The van der Waals surface area contributed by atoms with Crippen molar-refractivity contribution in [2.24, 2.45) is 11.8 Å². The minimum Gasteiger partial charge on any atom is -0.475 e. The summed E-state index contributed by atoms with van der Waals surface area (Å²) in [5, 5.41) is 3.44. The van der Waals surface area contributed by atoms with Crippen molar-refractivity contribution in [2.75, 3.05) is 5.32 Å². The van der Waals surface area contributed by atoms with Crippen LogP contribution in [0.3, 0.4) is 0 Å². The molecule has 1 fully saturated rings. The Morgan fingerprint density at radius 1 is 1.26 bits per heavy atom. The van der Waals surface area contributed by atoms with E-state index in [9.17, 15) is 0 Å². The second-order valence-electron chi connectivity index (χ2n) is 5.99. The van der Waals surface area contributed by atoms with E-state index < -0.39 is 0 Å². The third kappa shape index (κ3) is 4.08. The SMILES string of the molecule is CC(C)Oc1ccnc(NC2CCC(C)C(C)C2)n1. The van der Waals surface area contributed by atoms with Crippen LogP contribution in [-0.2, 0) is 0 Å². The molecular formula is C15H25N3O. The summed E-state index contributed by atoms with van der Waals surface area (Å²) < 4.78 is 5.59. The van der Waals surface area contributed by atoms with E-state index in [4.69, 9.17) is 4.74 Å². The van der Waals surface area contributed by atoms with Gasteiger partial charge in [0.05, 0.1) is 6.10 Å². The molecule has 0 spiro atoms. The molecule has 0 saturated heterocycles. The van der Waals surface area contributed by atoms with E-state index in [2.05, 4.69) is 29.1 Å². The van der Waals surface area contributed by atoms with Crippen molar-refractivity contribution < 1.29 is 4.74 Å². The van der Waals surface area contributed by atoms with Gasteiger partial charge in [0.25, 0.3) is 0 Å². The quantitative estimate of drug-likeness (QED) is 0.903. The van der Waals surface area contributed by atoms with Gasteiger partial charge in [-0.25, -0.2) is 4.98 Å². The van der Waals surface area contributed by atoms with Crippen LogP contribution in [0.5, 0.6) is 5.88 Å². The zero-order chi connectivity index (χ0) is 13.8. The Labute approximate surface area is 116 Å². The van der Waals surface area contributed by atoms with Crippen LogP contribution in [0.4, 0.5) is 5.95 Å². The molecule has 2 rings (SSSR count). The number of ether oxygens (including phenoxy) is 1. The van der Waals surface area contributed by atoms with Crippen LogP contribution < -0.4 is 10.1 Å². The number of aromatic nitrogens is 2. The molecule has 3 atom stereocenters. The van der Waals surface area contributed by atoms with E-state index in [1.54, 1.807) is 12.3 Å². The smallest absolute Gasteiger partial charge is 0.226 e. The molecule has 19 heavy (non-hydrogen) atoms. The summed E-state index contributed by atoms with van der Waals surface area (Å²) in [4.78, 5) is 8.69. The van der Waals surface area contributed by atoms with Crippen molar-refractivity contribution in [2.45, 2.75) is 59.1 Å². The van der Waals surface area contributed by atoms with Crippen LogP contribution in [0.2, 0.25) is 0 Å². The maximum Gasteiger partial charge on any atom is 0.226 e. The van der Waals surface area contributed by atoms with E-state index in [1.807, 2.05) is 13.8 Å². The molecule has 0 radical (unpaired) electrons. The molecule has 1 heterocycles. The highest BCUT2D eigenvalue weighted by Gasteiger charge is 2.24. The first-order valence-corrected chi connectivity index (χ1v) is 7.31. The van der Waals surface area contributed by atoms with Crippen molar-refractivity contribution in [3.05, 3.63) is 12.3 Å². The van der Waals surface area contributed by atoms with Gasteiger partial charge in [0, 0.05) is 18.3 Å². The molecule has 1 aliphatic carbocycles. The van der Waals surface area contributed by atoms with Gasteiger partial charge in [-0.05, 0) is 44.9 Å². The number of rotatable bonds is 4. The molecule has 4 heteroatoms. The van der Waals surface area contributed by atoms with Crippen molar-refractivity contribution >= 4 is 5.95 Å². The van der Waals surface area contributed by atoms with Crippen molar-refractivity contribution in [1.29, 1.82) is 0 Å². The summed E-state index contributed by atoms with van der Waals surface area (Å²) in [6.45, 7) is 8.67. The lowest BCUT2D eigenvalue weighted by Crippen LogP contribution is -2.31. The molecule has 1 N–H and O–H groups in total. The van der Waals surface area contributed by atoms with Crippen LogP contribution in [0.15, 0.2) is 12.3 Å². The van der Waals surface area contributed by atoms with Crippen molar-refractivity contribution in [1.82, 2.24) is 9.97 Å². The fraction of sp³-hybridized carbons (Fsp3) is 0.733. The van der Waals surface area contributed by atoms with E-state index in [-0.39, 0.29) is 6.10 Å². The van der Waals surface area contributed by atoms with Gasteiger partial charge in [-0.2, -0.15) is 4.98 Å². The summed E-state index contributed by atoms with van der Waals surface area (Å²) in [5.41, 5.74) is 0. The molecule has 106 valence electrons. The van der Waals surface area contributed by atoms with E-state index >= 15 is 0 Å².